The maximum absolute atomic E-state index is 12.9. The number of carbonyl (C=O) groups excluding carboxylic acids is 6. The van der Waals surface area contributed by atoms with Crippen LogP contribution >= 0.6 is 0 Å². The smallest absolute Gasteiger partial charge is 0.366 e. The molecule has 0 aromatic rings. The highest BCUT2D eigenvalue weighted by molar-refractivity contribution is 5.79. The molecule has 1 aliphatic rings. The molecule has 0 saturated carbocycles. The van der Waals surface area contributed by atoms with E-state index in [-0.39, 0.29) is 0 Å². The van der Waals surface area contributed by atoms with Gasteiger partial charge in [-0.05, 0) is 0 Å². The molecule has 1 rings (SSSR count). The largest absolute Gasteiger partial charge is 0.465 e. The zero-order chi connectivity index (χ0) is 28.3. The highest BCUT2D eigenvalue weighted by atomic mass is 16.7. The lowest BCUT2D eigenvalue weighted by Gasteiger charge is -2.48. The van der Waals surface area contributed by atoms with Gasteiger partial charge in [-0.1, -0.05) is 5.92 Å². The van der Waals surface area contributed by atoms with Gasteiger partial charge in [-0.3, -0.25) is 24.0 Å². The van der Waals surface area contributed by atoms with E-state index in [4.69, 9.17) is 39.6 Å². The van der Waals surface area contributed by atoms with Crippen molar-refractivity contribution in [1.29, 1.82) is 0 Å². The van der Waals surface area contributed by atoms with Crippen LogP contribution < -0.4 is 5.32 Å². The lowest BCUT2D eigenvalue weighted by Crippen LogP contribution is -2.69. The van der Waals surface area contributed by atoms with Crippen LogP contribution in [0.2, 0.25) is 0 Å². The molecule has 0 aromatic heterocycles. The highest BCUT2D eigenvalue weighted by Gasteiger charge is 2.59. The van der Waals surface area contributed by atoms with Crippen LogP contribution in [0.25, 0.3) is 0 Å². The van der Waals surface area contributed by atoms with Crippen LogP contribution in [0.3, 0.4) is 0 Å². The number of hydrogen-bond acceptors (Lipinski definition) is 13. The van der Waals surface area contributed by atoms with Gasteiger partial charge in [0.1, 0.15) is 25.4 Å². The van der Waals surface area contributed by atoms with Gasteiger partial charge in [0.25, 0.3) is 5.79 Å². The minimum atomic E-state index is -2.30. The fourth-order valence-corrected chi connectivity index (χ4v) is 3.71. The third-order valence-corrected chi connectivity index (χ3v) is 4.88. The number of rotatable bonds is 11. The van der Waals surface area contributed by atoms with Crippen molar-refractivity contribution in [2.75, 3.05) is 20.3 Å². The van der Waals surface area contributed by atoms with Crippen LogP contribution in [-0.2, 0) is 61.9 Å². The molecule has 1 heterocycles. The predicted molar refractivity (Wildman–Crippen MR) is 120 cm³/mol. The van der Waals surface area contributed by atoms with Crippen molar-refractivity contribution in [3.63, 3.8) is 0 Å². The second kappa shape index (κ2) is 14.1. The van der Waals surface area contributed by atoms with Crippen molar-refractivity contribution in [2.24, 2.45) is 0 Å². The normalized spacial score (nSPS) is 24.3. The zero-order valence-corrected chi connectivity index (χ0v) is 21.4. The van der Waals surface area contributed by atoms with E-state index in [1.807, 2.05) is 0 Å². The molecule has 0 aromatic carbocycles. The summed E-state index contributed by atoms with van der Waals surface area (Å²) in [6.07, 6.45) is -1.24. The van der Waals surface area contributed by atoms with E-state index in [1.165, 1.54) is 0 Å². The lowest BCUT2D eigenvalue weighted by molar-refractivity contribution is -0.311. The standard InChI is InChI=1S/C23H31NO13/c1-8-9-33-23(22(30)31-7)10-17(34-14(4)27)19(24-12(2)25)21(37-23)20(36-16(6)29)18(35-15(5)28)11-32-13(3)26/h1,17-21H,9-11H2,2-7H3,(H,24,25)/t17-,18+,19+,20+,21+,23+/m0/s1. The minimum Gasteiger partial charge on any atom is -0.465 e. The summed E-state index contributed by atoms with van der Waals surface area (Å²) in [6, 6.07) is -1.28. The first kappa shape index (κ1) is 31.3. The van der Waals surface area contributed by atoms with Crippen LogP contribution in [0, 0.1) is 12.3 Å². The summed E-state index contributed by atoms with van der Waals surface area (Å²) >= 11 is 0. The molecular formula is C23H31NO13. The number of terminal acetylenes is 1. The zero-order valence-electron chi connectivity index (χ0n) is 21.4. The van der Waals surface area contributed by atoms with Crippen molar-refractivity contribution in [3.05, 3.63) is 0 Å². The summed E-state index contributed by atoms with van der Waals surface area (Å²) in [4.78, 5) is 72.3. The molecule has 1 aliphatic heterocycles. The van der Waals surface area contributed by atoms with Crippen molar-refractivity contribution in [2.45, 2.75) is 77.3 Å². The molecule has 14 nitrogen and oxygen atoms in total. The van der Waals surface area contributed by atoms with Crippen LogP contribution in [-0.4, -0.2) is 92.3 Å². The van der Waals surface area contributed by atoms with Gasteiger partial charge in [0.2, 0.25) is 5.91 Å². The first-order chi connectivity index (χ1) is 17.3. The van der Waals surface area contributed by atoms with Crippen LogP contribution in [0.15, 0.2) is 0 Å². The minimum absolute atomic E-state index is 0.460. The topological polar surface area (TPSA) is 179 Å². The predicted octanol–water partition coefficient (Wildman–Crippen LogP) is -0.843. The van der Waals surface area contributed by atoms with Gasteiger partial charge in [-0.15, -0.1) is 6.42 Å². The van der Waals surface area contributed by atoms with Crippen LogP contribution in [0.1, 0.15) is 41.0 Å². The van der Waals surface area contributed by atoms with Crippen molar-refractivity contribution >= 4 is 35.8 Å². The van der Waals surface area contributed by atoms with Gasteiger partial charge in [0.15, 0.2) is 12.2 Å². The van der Waals surface area contributed by atoms with E-state index in [1.54, 1.807) is 0 Å². The molecule has 206 valence electrons. The van der Waals surface area contributed by atoms with Gasteiger partial charge in [-0.2, -0.15) is 0 Å². The number of esters is 5. The molecule has 37 heavy (non-hydrogen) atoms. The Labute approximate surface area is 213 Å². The third kappa shape index (κ3) is 9.36. The first-order valence-corrected chi connectivity index (χ1v) is 11.0. The molecule has 0 bridgehead atoms. The average Bonchev–Trinajstić information content (AvgIpc) is 2.78. The Morgan fingerprint density at radius 1 is 1.00 bits per heavy atom. The highest BCUT2D eigenvalue weighted by Crippen LogP contribution is 2.37. The third-order valence-electron chi connectivity index (χ3n) is 4.88. The van der Waals surface area contributed by atoms with Gasteiger partial charge in [0, 0.05) is 34.6 Å². The molecule has 6 atom stereocenters. The number of amides is 1. The Balaban J connectivity index is 3.80. The van der Waals surface area contributed by atoms with Gasteiger partial charge < -0.3 is 38.5 Å². The molecule has 14 heteroatoms. The summed E-state index contributed by atoms with van der Waals surface area (Å²) in [7, 11) is 1.04. The number of hydrogen-bond donors (Lipinski definition) is 1. The van der Waals surface area contributed by atoms with Crippen molar-refractivity contribution in [3.8, 4) is 12.3 Å². The van der Waals surface area contributed by atoms with Crippen LogP contribution in [0.5, 0.6) is 0 Å². The van der Waals surface area contributed by atoms with E-state index in [0.29, 0.717) is 0 Å². The van der Waals surface area contributed by atoms with Gasteiger partial charge in [-0.25, -0.2) is 4.79 Å². The van der Waals surface area contributed by atoms with Crippen molar-refractivity contribution in [1.82, 2.24) is 5.32 Å². The van der Waals surface area contributed by atoms with E-state index >= 15 is 0 Å². The van der Waals surface area contributed by atoms with E-state index in [0.717, 1.165) is 41.7 Å². The van der Waals surface area contributed by atoms with E-state index in [2.05, 4.69) is 11.2 Å². The average molecular weight is 529 g/mol. The van der Waals surface area contributed by atoms with Gasteiger partial charge >= 0.3 is 29.8 Å². The number of ether oxygens (including phenoxy) is 7. The number of carbonyl (C=O) groups is 6. The monoisotopic (exact) mass is 529 g/mol. The molecule has 1 amide bonds. The number of nitrogens with one attached hydrogen (secondary N) is 1. The second-order valence-electron chi connectivity index (χ2n) is 7.92. The van der Waals surface area contributed by atoms with E-state index in [9.17, 15) is 28.8 Å². The van der Waals surface area contributed by atoms with Crippen molar-refractivity contribution < 1.29 is 61.9 Å². The molecular weight excluding hydrogens is 498 g/mol. The summed E-state index contributed by atoms with van der Waals surface area (Å²) in [5.41, 5.74) is 0. The Kier molecular flexibility index (Phi) is 12.0. The summed E-state index contributed by atoms with van der Waals surface area (Å²) in [5, 5.41) is 2.54. The SMILES string of the molecule is C#CCO[C@]1(C(=O)OC)C[C@H](OC(C)=O)[C@@H](NC(C)=O)[C@H]([C@H](OC(C)=O)[C@@H](COC(C)=O)OC(C)=O)O1. The molecule has 0 aliphatic carbocycles. The van der Waals surface area contributed by atoms with Crippen LogP contribution in [0.4, 0.5) is 0 Å². The quantitative estimate of drug-likeness (QED) is 0.199. The first-order valence-electron chi connectivity index (χ1n) is 11.0. The Bertz CT molecular complexity index is 926. The maximum atomic E-state index is 12.9. The summed E-state index contributed by atoms with van der Waals surface area (Å²) in [5.74, 6) is -5.11. The second-order valence-corrected chi connectivity index (χ2v) is 7.92. The lowest BCUT2D eigenvalue weighted by atomic mass is 9.88. The Morgan fingerprint density at radius 2 is 1.62 bits per heavy atom. The summed E-state index contributed by atoms with van der Waals surface area (Å²) in [6.45, 7) is 4.36. The molecule has 0 spiro atoms. The number of methoxy groups -OCH3 is 1. The summed E-state index contributed by atoms with van der Waals surface area (Å²) < 4.78 is 37.3. The van der Waals surface area contributed by atoms with Gasteiger partial charge in [0.05, 0.1) is 19.6 Å². The fraction of sp³-hybridized carbons (Fsp3) is 0.652. The molecule has 1 saturated heterocycles. The Morgan fingerprint density at radius 3 is 2.08 bits per heavy atom. The maximum Gasteiger partial charge on any atom is 0.366 e. The molecule has 1 fully saturated rings. The van der Waals surface area contributed by atoms with E-state index < -0.39 is 91.6 Å². The molecule has 0 unspecified atom stereocenters. The Hall–Kier alpha value is -3.70. The molecule has 1 N–H and O–H groups in total. The fourth-order valence-electron chi connectivity index (χ4n) is 3.71. The molecule has 0 radical (unpaired) electrons.